The van der Waals surface area contributed by atoms with E-state index >= 15 is 0 Å². The Morgan fingerprint density at radius 2 is 0.911 bits per heavy atom. The van der Waals surface area contributed by atoms with Crippen LogP contribution in [0.15, 0.2) is 12.2 Å². The number of unbranched alkanes of at least 4 members (excludes halogenated alkanes) is 30. The van der Waals surface area contributed by atoms with Crippen LogP contribution in [0.2, 0.25) is 0 Å². The van der Waals surface area contributed by atoms with Crippen molar-refractivity contribution in [3.05, 3.63) is 12.2 Å². The van der Waals surface area contributed by atoms with Crippen molar-refractivity contribution in [3.63, 3.8) is 0 Å². The Morgan fingerprint density at radius 3 is 1.34 bits per heavy atom. The molecule has 334 valence electrons. The predicted molar refractivity (Wildman–Crippen MR) is 233 cm³/mol. The predicted octanol–water partition coefficient (Wildman–Crippen LogP) is 13.3. The number of allylic oxidation sites excluding steroid dienone is 2. The fraction of sp³-hybridized carbons (Fsp3) is 0.935. The quantitative estimate of drug-likeness (QED) is 0.0238. The van der Waals surface area contributed by atoms with Crippen LogP contribution in [-0.2, 0) is 27.9 Å². The molecule has 0 aliphatic rings. The standard InChI is InChI=1S/C46H91O9P/c1-3-5-7-9-11-13-15-17-18-19-20-21-22-23-24-25-27-29-31-33-35-37-39-52-42-45(43-54-56(50,51)53-41-44(48)40-47)55-46(49)38-36-34-32-30-28-26-16-14-12-10-8-6-4-2/h19-20,44-45,47-48H,3-18,21-43H2,1-2H3,(H,50,51)/b20-19-. The lowest BCUT2D eigenvalue weighted by Gasteiger charge is -2.20. The van der Waals surface area contributed by atoms with Crippen LogP contribution in [0.5, 0.6) is 0 Å². The zero-order chi connectivity index (χ0) is 41.1. The van der Waals surface area contributed by atoms with Crippen molar-refractivity contribution in [1.29, 1.82) is 0 Å². The first-order chi connectivity index (χ1) is 27.3. The Bertz CT molecular complexity index is 887. The van der Waals surface area contributed by atoms with Gasteiger partial charge >= 0.3 is 13.8 Å². The average Bonchev–Trinajstić information content (AvgIpc) is 3.19. The molecule has 0 heterocycles. The first-order valence-electron chi connectivity index (χ1n) is 23.7. The van der Waals surface area contributed by atoms with Gasteiger partial charge in [-0.05, 0) is 38.5 Å². The molecule has 0 aromatic rings. The van der Waals surface area contributed by atoms with Gasteiger partial charge in [0.1, 0.15) is 12.2 Å². The SMILES string of the molecule is CCCCCCCCCC/C=C\CCCCCCCCCCCCOCC(COP(=O)(O)OCC(O)CO)OC(=O)CCCCCCCCCCCCCCC. The number of aliphatic hydroxyl groups is 2. The van der Waals surface area contributed by atoms with Gasteiger partial charge in [0.05, 0.1) is 26.4 Å². The Kier molecular flexibility index (Phi) is 43.1. The van der Waals surface area contributed by atoms with Gasteiger partial charge in [-0.15, -0.1) is 0 Å². The minimum atomic E-state index is -4.51. The zero-order valence-corrected chi connectivity index (χ0v) is 37.5. The van der Waals surface area contributed by atoms with Crippen molar-refractivity contribution in [2.75, 3.05) is 33.0 Å². The smallest absolute Gasteiger partial charge is 0.457 e. The lowest BCUT2D eigenvalue weighted by Crippen LogP contribution is -2.29. The third-order valence-corrected chi connectivity index (χ3v) is 11.4. The lowest BCUT2D eigenvalue weighted by molar-refractivity contribution is -0.154. The third-order valence-electron chi connectivity index (χ3n) is 10.5. The summed E-state index contributed by atoms with van der Waals surface area (Å²) in [5.74, 6) is -0.379. The second kappa shape index (κ2) is 43.8. The summed E-state index contributed by atoms with van der Waals surface area (Å²) in [4.78, 5) is 22.6. The van der Waals surface area contributed by atoms with Crippen LogP contribution in [0.3, 0.4) is 0 Å². The normalized spacial score (nSPS) is 14.0. The molecule has 0 aromatic carbocycles. The molecule has 0 amide bonds. The fourth-order valence-corrected chi connectivity index (χ4v) is 7.61. The van der Waals surface area contributed by atoms with Crippen molar-refractivity contribution in [2.24, 2.45) is 0 Å². The summed E-state index contributed by atoms with van der Waals surface area (Å²) in [5.41, 5.74) is 0. The van der Waals surface area contributed by atoms with E-state index in [4.69, 9.17) is 23.6 Å². The largest absolute Gasteiger partial charge is 0.472 e. The van der Waals surface area contributed by atoms with E-state index in [1.807, 2.05) is 0 Å². The van der Waals surface area contributed by atoms with Crippen LogP contribution in [0.4, 0.5) is 0 Å². The molecule has 0 saturated carbocycles. The van der Waals surface area contributed by atoms with Crippen LogP contribution in [0.25, 0.3) is 0 Å². The summed E-state index contributed by atoms with van der Waals surface area (Å²) in [7, 11) is -4.51. The van der Waals surface area contributed by atoms with Gasteiger partial charge in [-0.2, -0.15) is 0 Å². The maximum Gasteiger partial charge on any atom is 0.472 e. The van der Waals surface area contributed by atoms with Gasteiger partial charge in [-0.3, -0.25) is 13.8 Å². The second-order valence-corrected chi connectivity index (χ2v) is 17.6. The van der Waals surface area contributed by atoms with Crippen molar-refractivity contribution in [3.8, 4) is 0 Å². The molecule has 0 aliphatic carbocycles. The highest BCUT2D eigenvalue weighted by Crippen LogP contribution is 2.43. The van der Waals surface area contributed by atoms with E-state index in [2.05, 4.69) is 26.0 Å². The molecule has 0 spiro atoms. The first-order valence-corrected chi connectivity index (χ1v) is 25.2. The number of rotatable bonds is 46. The Morgan fingerprint density at radius 1 is 0.536 bits per heavy atom. The number of carbonyl (C=O) groups excluding carboxylic acids is 1. The molecule has 9 nitrogen and oxygen atoms in total. The zero-order valence-electron chi connectivity index (χ0n) is 36.6. The number of phosphoric ester groups is 1. The summed E-state index contributed by atoms with van der Waals surface area (Å²) in [6.45, 7) is 3.56. The first kappa shape index (κ1) is 55.2. The monoisotopic (exact) mass is 819 g/mol. The van der Waals surface area contributed by atoms with Crippen LogP contribution < -0.4 is 0 Å². The van der Waals surface area contributed by atoms with Crippen molar-refractivity contribution >= 4 is 13.8 Å². The number of ether oxygens (including phenoxy) is 2. The molecule has 56 heavy (non-hydrogen) atoms. The number of esters is 1. The summed E-state index contributed by atoms with van der Waals surface area (Å²) in [6, 6.07) is 0. The van der Waals surface area contributed by atoms with Crippen LogP contribution in [0.1, 0.15) is 232 Å². The van der Waals surface area contributed by atoms with Gasteiger partial charge in [0.2, 0.25) is 0 Å². The number of phosphoric acid groups is 1. The van der Waals surface area contributed by atoms with E-state index in [-0.39, 0.29) is 25.6 Å². The van der Waals surface area contributed by atoms with Crippen LogP contribution >= 0.6 is 7.82 Å². The summed E-state index contributed by atoms with van der Waals surface area (Å²) < 4.78 is 33.4. The number of aliphatic hydroxyl groups excluding tert-OH is 2. The maximum atomic E-state index is 12.6. The average molecular weight is 819 g/mol. The molecule has 0 aromatic heterocycles. The van der Waals surface area contributed by atoms with Crippen molar-refractivity contribution in [2.45, 2.75) is 244 Å². The molecule has 0 radical (unpaired) electrons. The van der Waals surface area contributed by atoms with Gasteiger partial charge in [-0.1, -0.05) is 199 Å². The molecule has 10 heteroatoms. The van der Waals surface area contributed by atoms with Crippen LogP contribution in [-0.4, -0.2) is 66.3 Å². The molecule has 3 N–H and O–H groups in total. The summed E-state index contributed by atoms with van der Waals surface area (Å²) in [6.07, 6.45) is 44.6. The van der Waals surface area contributed by atoms with Gasteiger partial charge in [0, 0.05) is 13.0 Å². The number of hydrogen-bond donors (Lipinski definition) is 3. The number of hydrogen-bond acceptors (Lipinski definition) is 8. The fourth-order valence-electron chi connectivity index (χ4n) is 6.82. The minimum absolute atomic E-state index is 0.0542. The molecular formula is C46H91O9P. The topological polar surface area (TPSA) is 132 Å². The van der Waals surface area contributed by atoms with E-state index in [0.717, 1.165) is 32.1 Å². The van der Waals surface area contributed by atoms with E-state index in [1.165, 1.54) is 180 Å². The molecule has 0 rings (SSSR count). The highest BCUT2D eigenvalue weighted by molar-refractivity contribution is 7.47. The van der Waals surface area contributed by atoms with E-state index in [9.17, 15) is 19.4 Å². The molecule has 3 atom stereocenters. The van der Waals surface area contributed by atoms with E-state index in [0.29, 0.717) is 6.61 Å². The Labute approximate surface area is 345 Å². The molecular weight excluding hydrogens is 727 g/mol. The van der Waals surface area contributed by atoms with Gasteiger partial charge in [0.15, 0.2) is 0 Å². The lowest BCUT2D eigenvalue weighted by atomic mass is 10.0. The minimum Gasteiger partial charge on any atom is -0.457 e. The van der Waals surface area contributed by atoms with Crippen molar-refractivity contribution in [1.82, 2.24) is 0 Å². The van der Waals surface area contributed by atoms with E-state index in [1.54, 1.807) is 0 Å². The molecule has 0 bridgehead atoms. The van der Waals surface area contributed by atoms with Crippen LogP contribution in [0, 0.1) is 0 Å². The Hall–Kier alpha value is -0.800. The second-order valence-electron chi connectivity index (χ2n) is 16.1. The maximum absolute atomic E-state index is 12.6. The number of carbonyl (C=O) groups is 1. The molecule has 0 fully saturated rings. The van der Waals surface area contributed by atoms with Gasteiger partial charge in [-0.25, -0.2) is 4.57 Å². The molecule has 0 aliphatic heterocycles. The Balaban J connectivity index is 4.04. The summed E-state index contributed by atoms with van der Waals surface area (Å²) in [5, 5.41) is 18.4. The third kappa shape index (κ3) is 42.8. The van der Waals surface area contributed by atoms with E-state index < -0.39 is 33.2 Å². The molecule has 0 saturated heterocycles. The highest BCUT2D eigenvalue weighted by Gasteiger charge is 2.26. The molecule has 3 unspecified atom stereocenters. The van der Waals surface area contributed by atoms with Gasteiger partial charge in [0.25, 0.3) is 0 Å². The summed E-state index contributed by atoms with van der Waals surface area (Å²) >= 11 is 0. The van der Waals surface area contributed by atoms with Gasteiger partial charge < -0.3 is 24.6 Å². The highest BCUT2D eigenvalue weighted by atomic mass is 31.2. The van der Waals surface area contributed by atoms with Crippen molar-refractivity contribution < 1.29 is 43.0 Å².